The third-order valence-electron chi connectivity index (χ3n) is 4.04. The van der Waals surface area contributed by atoms with Crippen molar-refractivity contribution in [2.45, 2.75) is 32.7 Å². The average Bonchev–Trinajstić information content (AvgIpc) is 2.98. The number of aromatic nitrogens is 1. The molecule has 0 aromatic carbocycles. The molecule has 20 heavy (non-hydrogen) atoms. The van der Waals surface area contributed by atoms with Crippen LogP contribution in [0.2, 0.25) is 0 Å². The number of thiazole rings is 1. The lowest BCUT2D eigenvalue weighted by Gasteiger charge is -2.38. The summed E-state index contributed by atoms with van der Waals surface area (Å²) in [4.78, 5) is 30.0. The van der Waals surface area contributed by atoms with Crippen molar-refractivity contribution in [1.29, 1.82) is 0 Å². The summed E-state index contributed by atoms with van der Waals surface area (Å²) in [5, 5.41) is 12.2. The van der Waals surface area contributed by atoms with Crippen molar-refractivity contribution in [3.05, 3.63) is 16.6 Å². The van der Waals surface area contributed by atoms with E-state index in [4.69, 9.17) is 0 Å². The molecule has 0 spiro atoms. The SMILES string of the molecule is CCC1(C(=O)O)CCN(C(=O)NCc2cncs2)CC1. The Morgan fingerprint density at radius 1 is 1.50 bits per heavy atom. The Morgan fingerprint density at radius 3 is 2.70 bits per heavy atom. The predicted molar refractivity (Wildman–Crippen MR) is 75.5 cm³/mol. The molecule has 1 saturated heterocycles. The standard InChI is InChI=1S/C13H19N3O3S/c1-2-13(11(17)18)3-5-16(6-4-13)12(19)15-8-10-7-14-9-20-10/h7,9H,2-6,8H2,1H3,(H,15,19)(H,17,18). The number of amides is 2. The Kier molecular flexibility index (Phi) is 4.59. The molecule has 0 radical (unpaired) electrons. The monoisotopic (exact) mass is 297 g/mol. The summed E-state index contributed by atoms with van der Waals surface area (Å²) >= 11 is 1.50. The Hall–Kier alpha value is -1.63. The first-order valence-corrected chi connectivity index (χ1v) is 7.59. The van der Waals surface area contributed by atoms with Crippen molar-refractivity contribution < 1.29 is 14.7 Å². The van der Waals surface area contributed by atoms with Crippen LogP contribution in [0.25, 0.3) is 0 Å². The normalized spacial score (nSPS) is 17.8. The molecule has 2 N–H and O–H groups in total. The maximum absolute atomic E-state index is 12.0. The highest BCUT2D eigenvalue weighted by Crippen LogP contribution is 2.35. The number of hydrogen-bond acceptors (Lipinski definition) is 4. The Labute approximate surface area is 121 Å². The third-order valence-corrected chi connectivity index (χ3v) is 4.82. The number of hydrogen-bond donors (Lipinski definition) is 2. The number of piperidine rings is 1. The molecule has 2 rings (SSSR count). The molecule has 0 aliphatic carbocycles. The summed E-state index contributed by atoms with van der Waals surface area (Å²) < 4.78 is 0. The first kappa shape index (κ1) is 14.8. The Bertz CT molecular complexity index is 467. The van der Waals surface area contributed by atoms with Crippen molar-refractivity contribution in [1.82, 2.24) is 15.2 Å². The molecule has 1 aromatic heterocycles. The summed E-state index contributed by atoms with van der Waals surface area (Å²) in [7, 11) is 0. The van der Waals surface area contributed by atoms with Crippen LogP contribution in [0.3, 0.4) is 0 Å². The molecule has 7 heteroatoms. The van der Waals surface area contributed by atoms with Gasteiger partial charge in [-0.3, -0.25) is 9.78 Å². The smallest absolute Gasteiger partial charge is 0.317 e. The van der Waals surface area contributed by atoms with Crippen LogP contribution < -0.4 is 5.32 Å². The van der Waals surface area contributed by atoms with Gasteiger partial charge in [0.1, 0.15) is 0 Å². The minimum atomic E-state index is -0.746. The van der Waals surface area contributed by atoms with Crippen LogP contribution >= 0.6 is 11.3 Å². The predicted octanol–water partition coefficient (Wildman–Crippen LogP) is 1.93. The van der Waals surface area contributed by atoms with Crippen LogP contribution in [0.15, 0.2) is 11.7 Å². The van der Waals surface area contributed by atoms with Gasteiger partial charge in [0.05, 0.1) is 17.5 Å². The fourth-order valence-electron chi connectivity index (χ4n) is 2.46. The number of rotatable bonds is 4. The number of carbonyl (C=O) groups is 2. The summed E-state index contributed by atoms with van der Waals surface area (Å²) in [5.41, 5.74) is 1.07. The van der Waals surface area contributed by atoms with E-state index in [1.165, 1.54) is 11.3 Å². The van der Waals surface area contributed by atoms with Gasteiger partial charge in [-0.25, -0.2) is 4.79 Å². The van der Waals surface area contributed by atoms with Crippen molar-refractivity contribution in [2.24, 2.45) is 5.41 Å². The molecule has 0 unspecified atom stereocenters. The molecule has 1 aromatic rings. The molecule has 1 fully saturated rings. The quantitative estimate of drug-likeness (QED) is 0.889. The Balaban J connectivity index is 1.84. The van der Waals surface area contributed by atoms with E-state index < -0.39 is 11.4 Å². The van der Waals surface area contributed by atoms with Crippen LogP contribution in [0.4, 0.5) is 4.79 Å². The number of aliphatic carboxylic acids is 1. The number of nitrogens with zero attached hydrogens (tertiary/aromatic N) is 2. The molecule has 0 saturated carbocycles. The van der Waals surface area contributed by atoms with E-state index in [-0.39, 0.29) is 6.03 Å². The highest BCUT2D eigenvalue weighted by atomic mass is 32.1. The van der Waals surface area contributed by atoms with Crippen LogP contribution in [0.1, 0.15) is 31.1 Å². The lowest BCUT2D eigenvalue weighted by Crippen LogP contribution is -2.49. The van der Waals surface area contributed by atoms with Gasteiger partial charge in [0, 0.05) is 24.2 Å². The lowest BCUT2D eigenvalue weighted by molar-refractivity contribution is -0.151. The van der Waals surface area contributed by atoms with E-state index in [9.17, 15) is 14.7 Å². The largest absolute Gasteiger partial charge is 0.481 e. The van der Waals surface area contributed by atoms with Crippen LogP contribution in [-0.2, 0) is 11.3 Å². The molecule has 110 valence electrons. The zero-order chi connectivity index (χ0) is 14.6. The number of likely N-dealkylation sites (tertiary alicyclic amines) is 1. The second kappa shape index (κ2) is 6.21. The number of carboxylic acids is 1. The van der Waals surface area contributed by atoms with Gasteiger partial charge in [-0.1, -0.05) is 6.92 Å². The average molecular weight is 297 g/mol. The minimum absolute atomic E-state index is 0.131. The van der Waals surface area contributed by atoms with Gasteiger partial charge in [0.15, 0.2) is 0 Å². The van der Waals surface area contributed by atoms with Crippen molar-refractivity contribution in [3.63, 3.8) is 0 Å². The third kappa shape index (κ3) is 3.09. The van der Waals surface area contributed by atoms with Crippen LogP contribution in [0.5, 0.6) is 0 Å². The minimum Gasteiger partial charge on any atom is -0.481 e. The second-order valence-corrected chi connectivity index (χ2v) is 6.02. The van der Waals surface area contributed by atoms with Gasteiger partial charge < -0.3 is 15.3 Å². The van der Waals surface area contributed by atoms with E-state index in [0.29, 0.717) is 38.9 Å². The zero-order valence-electron chi connectivity index (χ0n) is 11.5. The van der Waals surface area contributed by atoms with Gasteiger partial charge in [-0.05, 0) is 19.3 Å². The summed E-state index contributed by atoms with van der Waals surface area (Å²) in [5.74, 6) is -0.746. The molecular formula is C13H19N3O3S. The van der Waals surface area contributed by atoms with E-state index in [1.54, 1.807) is 16.6 Å². The highest BCUT2D eigenvalue weighted by Gasteiger charge is 2.40. The number of carboxylic acid groups (broad SMARTS) is 1. The second-order valence-electron chi connectivity index (χ2n) is 5.05. The van der Waals surface area contributed by atoms with Gasteiger partial charge in [0.25, 0.3) is 0 Å². The fraction of sp³-hybridized carbons (Fsp3) is 0.615. The maximum Gasteiger partial charge on any atom is 0.317 e. The van der Waals surface area contributed by atoms with E-state index in [2.05, 4.69) is 10.3 Å². The van der Waals surface area contributed by atoms with Gasteiger partial charge >= 0.3 is 12.0 Å². The zero-order valence-corrected chi connectivity index (χ0v) is 12.3. The van der Waals surface area contributed by atoms with E-state index in [0.717, 1.165) is 4.88 Å². The first-order chi connectivity index (χ1) is 9.57. The molecule has 1 aliphatic rings. The van der Waals surface area contributed by atoms with Gasteiger partial charge in [-0.2, -0.15) is 0 Å². The summed E-state index contributed by atoms with van der Waals surface area (Å²) in [6.07, 6.45) is 3.38. The molecule has 1 aliphatic heterocycles. The highest BCUT2D eigenvalue weighted by molar-refractivity contribution is 7.09. The lowest BCUT2D eigenvalue weighted by atomic mass is 9.76. The molecule has 6 nitrogen and oxygen atoms in total. The van der Waals surface area contributed by atoms with E-state index >= 15 is 0 Å². The fourth-order valence-corrected chi connectivity index (χ4v) is 2.99. The number of urea groups is 1. The summed E-state index contributed by atoms with van der Waals surface area (Å²) in [6, 6.07) is -0.131. The molecule has 0 bridgehead atoms. The van der Waals surface area contributed by atoms with Crippen LogP contribution in [-0.4, -0.2) is 40.1 Å². The first-order valence-electron chi connectivity index (χ1n) is 6.71. The van der Waals surface area contributed by atoms with E-state index in [1.807, 2.05) is 6.92 Å². The van der Waals surface area contributed by atoms with Gasteiger partial charge in [0.2, 0.25) is 0 Å². The maximum atomic E-state index is 12.0. The topological polar surface area (TPSA) is 82.5 Å². The molecule has 0 atom stereocenters. The summed E-state index contributed by atoms with van der Waals surface area (Å²) in [6.45, 7) is 3.36. The van der Waals surface area contributed by atoms with Crippen molar-refractivity contribution >= 4 is 23.3 Å². The molecule has 2 heterocycles. The van der Waals surface area contributed by atoms with Crippen molar-refractivity contribution in [2.75, 3.05) is 13.1 Å². The van der Waals surface area contributed by atoms with Crippen molar-refractivity contribution in [3.8, 4) is 0 Å². The number of carbonyl (C=O) groups excluding carboxylic acids is 1. The number of nitrogens with one attached hydrogen (secondary N) is 1. The molecular weight excluding hydrogens is 278 g/mol. The van der Waals surface area contributed by atoms with Crippen LogP contribution in [0, 0.1) is 5.41 Å². The van der Waals surface area contributed by atoms with Gasteiger partial charge in [-0.15, -0.1) is 11.3 Å². The Morgan fingerprint density at radius 2 is 2.20 bits per heavy atom. The molecule has 2 amide bonds.